The van der Waals surface area contributed by atoms with Crippen molar-refractivity contribution in [2.24, 2.45) is 0 Å². The molecule has 1 amide bonds. The number of nitrogens with one attached hydrogen (secondary N) is 1. The summed E-state index contributed by atoms with van der Waals surface area (Å²) in [7, 11) is 0. The van der Waals surface area contributed by atoms with Gasteiger partial charge in [0.25, 0.3) is 0 Å². The summed E-state index contributed by atoms with van der Waals surface area (Å²) in [6.45, 7) is 6.48. The molecule has 0 rings (SSSR count). The van der Waals surface area contributed by atoms with Crippen molar-refractivity contribution in [3.63, 3.8) is 0 Å². The third-order valence-electron chi connectivity index (χ3n) is 12.5. The summed E-state index contributed by atoms with van der Waals surface area (Å²) >= 11 is 0. The lowest BCUT2D eigenvalue weighted by Gasteiger charge is -2.24. The maximum absolute atomic E-state index is 13.2. The van der Waals surface area contributed by atoms with Gasteiger partial charge in [-0.2, -0.15) is 0 Å². The van der Waals surface area contributed by atoms with E-state index in [9.17, 15) is 19.8 Å². The first kappa shape index (κ1) is 60.1. The van der Waals surface area contributed by atoms with E-state index in [0.29, 0.717) is 19.3 Å². The molecule has 0 bridgehead atoms. The Labute approximate surface area is 385 Å². The van der Waals surface area contributed by atoms with Crippen LogP contribution in [-0.2, 0) is 14.3 Å². The smallest absolute Gasteiger partial charge is 0.306 e. The molecule has 62 heavy (non-hydrogen) atoms. The Hall–Kier alpha value is -1.92. The van der Waals surface area contributed by atoms with Crippen LogP contribution in [0.15, 0.2) is 36.5 Å². The third-order valence-corrected chi connectivity index (χ3v) is 12.5. The Morgan fingerprint density at radius 1 is 0.468 bits per heavy atom. The molecule has 0 heterocycles. The van der Waals surface area contributed by atoms with Gasteiger partial charge in [0.2, 0.25) is 5.91 Å². The van der Waals surface area contributed by atoms with Crippen LogP contribution in [0.25, 0.3) is 0 Å². The molecule has 0 aliphatic rings. The highest BCUT2D eigenvalue weighted by atomic mass is 16.5. The number of aliphatic hydroxyl groups is 2. The van der Waals surface area contributed by atoms with Crippen LogP contribution in [-0.4, -0.2) is 46.9 Å². The number of hydrogen-bond donors (Lipinski definition) is 3. The zero-order valence-corrected chi connectivity index (χ0v) is 41.5. The molecule has 6 nitrogen and oxygen atoms in total. The number of amides is 1. The molecule has 0 radical (unpaired) electrons. The Morgan fingerprint density at radius 3 is 1.26 bits per heavy atom. The molecule has 0 aromatic carbocycles. The van der Waals surface area contributed by atoms with Crippen LogP contribution in [0.4, 0.5) is 0 Å². The molecule has 0 fully saturated rings. The molecule has 0 aliphatic carbocycles. The Morgan fingerprint density at radius 2 is 0.823 bits per heavy atom. The molecule has 0 aromatic heterocycles. The SMILES string of the molecule is CCCCCCCCC/C=C/C=C/CCCCCCCC(=O)OC(CCCCC/C=C/CCCCCCCCC)CC(=O)NC(CO)C(O)CCCCCCCCCCCCC. The molecule has 6 heteroatoms. The predicted molar refractivity (Wildman–Crippen MR) is 269 cm³/mol. The molecule has 364 valence electrons. The second-order valence-electron chi connectivity index (χ2n) is 18.7. The molecular weight excluding hydrogens is 767 g/mol. The average Bonchev–Trinajstić information content (AvgIpc) is 3.26. The van der Waals surface area contributed by atoms with Crippen molar-refractivity contribution in [1.29, 1.82) is 0 Å². The van der Waals surface area contributed by atoms with Crippen LogP contribution in [0.5, 0.6) is 0 Å². The van der Waals surface area contributed by atoms with Crippen molar-refractivity contribution in [2.45, 2.75) is 302 Å². The summed E-state index contributed by atoms with van der Waals surface area (Å²) < 4.78 is 5.93. The number of aliphatic hydroxyl groups excluding tert-OH is 2. The van der Waals surface area contributed by atoms with E-state index in [-0.39, 0.29) is 24.9 Å². The van der Waals surface area contributed by atoms with E-state index in [1.165, 1.54) is 161 Å². The van der Waals surface area contributed by atoms with Gasteiger partial charge >= 0.3 is 5.97 Å². The molecular formula is C56H105NO5. The molecule has 3 N–H and O–H groups in total. The van der Waals surface area contributed by atoms with Gasteiger partial charge < -0.3 is 20.3 Å². The monoisotopic (exact) mass is 872 g/mol. The number of carbonyl (C=O) groups excluding carboxylic acids is 2. The highest BCUT2D eigenvalue weighted by molar-refractivity contribution is 5.77. The van der Waals surface area contributed by atoms with Crippen LogP contribution >= 0.6 is 0 Å². The first-order chi connectivity index (χ1) is 30.5. The van der Waals surface area contributed by atoms with E-state index in [1.807, 2.05) is 0 Å². The van der Waals surface area contributed by atoms with Crippen molar-refractivity contribution in [2.75, 3.05) is 6.61 Å². The van der Waals surface area contributed by atoms with Gasteiger partial charge in [0.15, 0.2) is 0 Å². The summed E-state index contributed by atoms with van der Waals surface area (Å²) in [5.41, 5.74) is 0. The lowest BCUT2D eigenvalue weighted by Crippen LogP contribution is -2.46. The second kappa shape index (κ2) is 50.1. The van der Waals surface area contributed by atoms with Gasteiger partial charge in [0.05, 0.1) is 25.2 Å². The number of ether oxygens (including phenoxy) is 1. The fraction of sp³-hybridized carbons (Fsp3) is 0.857. The second-order valence-corrected chi connectivity index (χ2v) is 18.7. The van der Waals surface area contributed by atoms with Gasteiger partial charge in [-0.05, 0) is 77.0 Å². The first-order valence-electron chi connectivity index (χ1n) is 27.2. The van der Waals surface area contributed by atoms with Gasteiger partial charge in [-0.25, -0.2) is 0 Å². The minimum absolute atomic E-state index is 0.0631. The molecule has 0 saturated heterocycles. The predicted octanol–water partition coefficient (Wildman–Crippen LogP) is 16.5. The van der Waals surface area contributed by atoms with Gasteiger partial charge in [-0.3, -0.25) is 9.59 Å². The zero-order valence-electron chi connectivity index (χ0n) is 41.5. The van der Waals surface area contributed by atoms with E-state index < -0.39 is 18.2 Å². The molecule has 0 saturated carbocycles. The molecule has 3 unspecified atom stereocenters. The average molecular weight is 872 g/mol. The number of rotatable bonds is 49. The largest absolute Gasteiger partial charge is 0.462 e. The fourth-order valence-electron chi connectivity index (χ4n) is 8.30. The van der Waals surface area contributed by atoms with Crippen LogP contribution in [0.3, 0.4) is 0 Å². The van der Waals surface area contributed by atoms with Crippen LogP contribution < -0.4 is 5.32 Å². The Bertz CT molecular complexity index is 1020. The lowest BCUT2D eigenvalue weighted by molar-refractivity contribution is -0.151. The number of esters is 1. The zero-order chi connectivity index (χ0) is 45.2. The Balaban J connectivity index is 4.59. The minimum atomic E-state index is -0.792. The molecule has 3 atom stereocenters. The topological polar surface area (TPSA) is 95.9 Å². The van der Waals surface area contributed by atoms with E-state index in [1.54, 1.807) is 0 Å². The van der Waals surface area contributed by atoms with E-state index in [2.05, 4.69) is 62.5 Å². The maximum Gasteiger partial charge on any atom is 0.306 e. The quantitative estimate of drug-likeness (QED) is 0.0245. The lowest BCUT2D eigenvalue weighted by atomic mass is 10.0. The minimum Gasteiger partial charge on any atom is -0.462 e. The molecule has 0 spiro atoms. The van der Waals surface area contributed by atoms with Gasteiger partial charge in [-0.1, -0.05) is 231 Å². The summed E-state index contributed by atoms with van der Waals surface area (Å²) in [5, 5.41) is 23.8. The molecule has 0 aliphatic heterocycles. The van der Waals surface area contributed by atoms with Gasteiger partial charge in [0, 0.05) is 6.42 Å². The van der Waals surface area contributed by atoms with Crippen molar-refractivity contribution < 1.29 is 24.5 Å². The normalized spacial score (nSPS) is 13.4. The summed E-state index contributed by atoms with van der Waals surface area (Å²) in [5.74, 6) is -0.497. The number of allylic oxidation sites excluding steroid dienone is 6. The van der Waals surface area contributed by atoms with Crippen molar-refractivity contribution in [3.8, 4) is 0 Å². The molecule has 0 aromatic rings. The van der Waals surface area contributed by atoms with Crippen molar-refractivity contribution in [3.05, 3.63) is 36.5 Å². The highest BCUT2D eigenvalue weighted by Crippen LogP contribution is 2.18. The third kappa shape index (κ3) is 44.7. The standard InChI is InChI=1S/C56H105NO5/c1-4-7-10-13-16-19-22-24-26-27-28-29-31-34-37-40-43-46-49-56(61)62-52(47-44-41-38-35-33-30-25-23-20-17-14-11-8-5-2)50-55(60)57-53(51-58)54(59)48-45-42-39-36-32-21-18-15-12-9-6-3/h26-30,33,52-54,58-59H,4-25,31-32,34-51H2,1-3H3,(H,57,60)/b27-26+,29-28+,33-30+. The van der Waals surface area contributed by atoms with Gasteiger partial charge in [0.1, 0.15) is 6.10 Å². The first-order valence-corrected chi connectivity index (χ1v) is 27.2. The summed E-state index contributed by atoms with van der Waals surface area (Å²) in [4.78, 5) is 26.2. The van der Waals surface area contributed by atoms with E-state index >= 15 is 0 Å². The van der Waals surface area contributed by atoms with Crippen LogP contribution in [0.1, 0.15) is 284 Å². The van der Waals surface area contributed by atoms with Crippen molar-refractivity contribution in [1.82, 2.24) is 5.32 Å². The Kier molecular flexibility index (Phi) is 48.5. The number of unbranched alkanes of at least 4 members (excludes halogenated alkanes) is 32. The van der Waals surface area contributed by atoms with Gasteiger partial charge in [-0.15, -0.1) is 0 Å². The summed E-state index contributed by atoms with van der Waals surface area (Å²) in [6, 6.07) is -0.707. The maximum atomic E-state index is 13.2. The number of hydrogen-bond acceptors (Lipinski definition) is 5. The van der Waals surface area contributed by atoms with E-state index in [0.717, 1.165) is 77.0 Å². The fourth-order valence-corrected chi connectivity index (χ4v) is 8.30. The highest BCUT2D eigenvalue weighted by Gasteiger charge is 2.24. The number of carbonyl (C=O) groups is 2. The van der Waals surface area contributed by atoms with E-state index in [4.69, 9.17) is 4.74 Å². The summed E-state index contributed by atoms with van der Waals surface area (Å²) in [6.07, 6.45) is 59.2. The van der Waals surface area contributed by atoms with Crippen molar-refractivity contribution >= 4 is 11.9 Å². The van der Waals surface area contributed by atoms with Crippen LogP contribution in [0, 0.1) is 0 Å². The van der Waals surface area contributed by atoms with Crippen LogP contribution in [0.2, 0.25) is 0 Å².